The van der Waals surface area contributed by atoms with Crippen molar-refractivity contribution in [2.24, 2.45) is 0 Å². The van der Waals surface area contributed by atoms with Gasteiger partial charge in [-0.1, -0.05) is 5.21 Å². The van der Waals surface area contributed by atoms with Gasteiger partial charge in [0.2, 0.25) is 0 Å². The highest BCUT2D eigenvalue weighted by Crippen LogP contribution is 2.23. The predicted molar refractivity (Wildman–Crippen MR) is 58.2 cm³/mol. The zero-order valence-electron chi connectivity index (χ0n) is 8.83. The van der Waals surface area contributed by atoms with Crippen LogP contribution in [0.1, 0.15) is 12.8 Å². The van der Waals surface area contributed by atoms with Crippen molar-refractivity contribution < 1.29 is 9.84 Å². The minimum Gasteiger partial charge on any atom is -0.508 e. The van der Waals surface area contributed by atoms with Gasteiger partial charge in [0.05, 0.1) is 24.8 Å². The molecule has 0 aliphatic heterocycles. The fraction of sp³-hybridized carbons (Fsp3) is 0.455. The zero-order chi connectivity index (χ0) is 11.0. The molecule has 1 saturated carbocycles. The summed E-state index contributed by atoms with van der Waals surface area (Å²) in [4.78, 5) is 0. The highest BCUT2D eigenvalue weighted by Gasteiger charge is 2.21. The van der Waals surface area contributed by atoms with Crippen molar-refractivity contribution in [1.29, 1.82) is 0 Å². The Morgan fingerprint density at radius 3 is 3.12 bits per heavy atom. The Hall–Kier alpha value is -1.62. The number of benzene rings is 1. The van der Waals surface area contributed by atoms with E-state index in [1.807, 2.05) is 0 Å². The van der Waals surface area contributed by atoms with E-state index in [9.17, 15) is 5.11 Å². The average Bonchev–Trinajstić information content (AvgIpc) is 3.01. The fourth-order valence-corrected chi connectivity index (χ4v) is 1.66. The number of nitrogens with zero attached hydrogens (tertiary/aromatic N) is 3. The molecule has 1 heterocycles. The molecule has 5 heteroatoms. The Kier molecular flexibility index (Phi) is 2.25. The summed E-state index contributed by atoms with van der Waals surface area (Å²) in [5.41, 5.74) is 1.64. The summed E-state index contributed by atoms with van der Waals surface area (Å²) >= 11 is 0. The van der Waals surface area contributed by atoms with Crippen molar-refractivity contribution in [2.45, 2.75) is 25.5 Å². The van der Waals surface area contributed by atoms with Crippen LogP contribution in [0.4, 0.5) is 0 Å². The molecule has 0 spiro atoms. The van der Waals surface area contributed by atoms with Crippen molar-refractivity contribution in [2.75, 3.05) is 6.61 Å². The van der Waals surface area contributed by atoms with Crippen LogP contribution in [0.15, 0.2) is 18.2 Å². The molecule has 1 aromatic carbocycles. The van der Waals surface area contributed by atoms with Crippen LogP contribution in [0.3, 0.4) is 0 Å². The summed E-state index contributed by atoms with van der Waals surface area (Å²) in [6.45, 7) is 1.33. The normalized spacial score (nSPS) is 15.8. The van der Waals surface area contributed by atoms with Gasteiger partial charge < -0.3 is 9.84 Å². The molecular weight excluding hydrogens is 206 g/mol. The van der Waals surface area contributed by atoms with Crippen LogP contribution in [0.25, 0.3) is 11.0 Å². The Bertz CT molecular complexity index is 505. The first kappa shape index (κ1) is 9.59. The predicted octanol–water partition coefficient (Wildman–Crippen LogP) is 1.32. The van der Waals surface area contributed by atoms with E-state index < -0.39 is 0 Å². The van der Waals surface area contributed by atoms with Crippen molar-refractivity contribution >= 4 is 11.0 Å². The van der Waals surface area contributed by atoms with Crippen LogP contribution in [0.5, 0.6) is 5.75 Å². The topological polar surface area (TPSA) is 60.2 Å². The van der Waals surface area contributed by atoms with Crippen LogP contribution in [-0.2, 0) is 11.3 Å². The van der Waals surface area contributed by atoms with Crippen molar-refractivity contribution in [1.82, 2.24) is 15.0 Å². The maximum absolute atomic E-state index is 9.40. The van der Waals surface area contributed by atoms with E-state index in [4.69, 9.17) is 4.74 Å². The number of aromatic nitrogens is 3. The molecule has 84 valence electrons. The summed E-state index contributed by atoms with van der Waals surface area (Å²) in [6, 6.07) is 5.05. The van der Waals surface area contributed by atoms with Crippen LogP contribution in [-0.4, -0.2) is 32.8 Å². The SMILES string of the molecule is Oc1ccc2nnn(CCOC3CC3)c2c1. The average molecular weight is 219 g/mol. The second kappa shape index (κ2) is 3.75. The molecule has 0 radical (unpaired) electrons. The molecule has 1 fully saturated rings. The smallest absolute Gasteiger partial charge is 0.117 e. The molecule has 3 rings (SSSR count). The lowest BCUT2D eigenvalue weighted by molar-refractivity contribution is 0.110. The van der Waals surface area contributed by atoms with Crippen molar-refractivity contribution in [3.05, 3.63) is 18.2 Å². The van der Waals surface area contributed by atoms with Gasteiger partial charge in [-0.2, -0.15) is 0 Å². The van der Waals surface area contributed by atoms with Gasteiger partial charge in [-0.25, -0.2) is 4.68 Å². The fourth-order valence-electron chi connectivity index (χ4n) is 1.66. The standard InChI is InChI=1S/C11H13N3O2/c15-8-1-4-10-11(7-8)14(13-12-10)5-6-16-9-2-3-9/h1,4,7,9,15H,2-3,5-6H2. The minimum absolute atomic E-state index is 0.235. The molecule has 5 nitrogen and oxygen atoms in total. The van der Waals surface area contributed by atoms with Gasteiger partial charge in [0, 0.05) is 6.07 Å². The molecule has 16 heavy (non-hydrogen) atoms. The monoisotopic (exact) mass is 219 g/mol. The van der Waals surface area contributed by atoms with E-state index in [1.165, 1.54) is 12.8 Å². The van der Waals surface area contributed by atoms with E-state index in [-0.39, 0.29) is 5.75 Å². The lowest BCUT2D eigenvalue weighted by Gasteiger charge is -2.03. The summed E-state index contributed by atoms with van der Waals surface area (Å²) in [5, 5.41) is 17.4. The number of fused-ring (bicyclic) bond motifs is 1. The first-order chi connectivity index (χ1) is 7.83. The van der Waals surface area contributed by atoms with Gasteiger partial charge in [-0.15, -0.1) is 5.10 Å². The Labute approximate surface area is 92.6 Å². The van der Waals surface area contributed by atoms with E-state index >= 15 is 0 Å². The van der Waals surface area contributed by atoms with Gasteiger partial charge in [0.15, 0.2) is 0 Å². The Balaban J connectivity index is 1.76. The van der Waals surface area contributed by atoms with Gasteiger partial charge in [-0.05, 0) is 25.0 Å². The second-order valence-corrected chi connectivity index (χ2v) is 4.06. The number of hydrogen-bond donors (Lipinski definition) is 1. The van der Waals surface area contributed by atoms with E-state index in [0.29, 0.717) is 19.3 Å². The number of phenolic OH excluding ortho intramolecular Hbond substituents is 1. The number of rotatable bonds is 4. The van der Waals surface area contributed by atoms with E-state index in [0.717, 1.165) is 11.0 Å². The highest BCUT2D eigenvalue weighted by molar-refractivity contribution is 5.75. The molecule has 0 unspecified atom stereocenters. The van der Waals surface area contributed by atoms with Crippen LogP contribution >= 0.6 is 0 Å². The molecule has 1 aromatic heterocycles. The maximum atomic E-state index is 9.40. The second-order valence-electron chi connectivity index (χ2n) is 4.06. The lowest BCUT2D eigenvalue weighted by Crippen LogP contribution is -2.08. The third-order valence-electron chi connectivity index (χ3n) is 2.68. The maximum Gasteiger partial charge on any atom is 0.117 e. The molecule has 2 aromatic rings. The van der Waals surface area contributed by atoms with Crippen molar-refractivity contribution in [3.8, 4) is 5.75 Å². The van der Waals surface area contributed by atoms with Gasteiger partial charge in [0.1, 0.15) is 11.3 Å². The third kappa shape index (κ3) is 1.86. The molecule has 1 aliphatic carbocycles. The number of aromatic hydroxyl groups is 1. The lowest BCUT2D eigenvalue weighted by atomic mass is 10.3. The number of ether oxygens (including phenoxy) is 1. The van der Waals surface area contributed by atoms with Gasteiger partial charge in [-0.3, -0.25) is 0 Å². The van der Waals surface area contributed by atoms with Crippen molar-refractivity contribution in [3.63, 3.8) is 0 Å². The third-order valence-corrected chi connectivity index (χ3v) is 2.68. The zero-order valence-corrected chi connectivity index (χ0v) is 8.83. The molecule has 0 amide bonds. The Morgan fingerprint density at radius 2 is 2.31 bits per heavy atom. The van der Waals surface area contributed by atoms with Crippen LogP contribution < -0.4 is 0 Å². The van der Waals surface area contributed by atoms with Crippen LogP contribution in [0, 0.1) is 0 Å². The molecule has 0 bridgehead atoms. The largest absolute Gasteiger partial charge is 0.508 e. The number of phenols is 1. The molecule has 1 N–H and O–H groups in total. The quantitative estimate of drug-likeness (QED) is 0.842. The molecular formula is C11H13N3O2. The number of hydrogen-bond acceptors (Lipinski definition) is 4. The van der Waals surface area contributed by atoms with E-state index in [2.05, 4.69) is 10.3 Å². The first-order valence-electron chi connectivity index (χ1n) is 5.47. The van der Waals surface area contributed by atoms with Gasteiger partial charge in [0.25, 0.3) is 0 Å². The molecule has 1 aliphatic rings. The van der Waals surface area contributed by atoms with Gasteiger partial charge >= 0.3 is 0 Å². The van der Waals surface area contributed by atoms with Crippen LogP contribution in [0.2, 0.25) is 0 Å². The first-order valence-corrected chi connectivity index (χ1v) is 5.47. The summed E-state index contributed by atoms with van der Waals surface area (Å²) < 4.78 is 7.32. The summed E-state index contributed by atoms with van der Waals surface area (Å²) in [7, 11) is 0. The van der Waals surface area contributed by atoms with E-state index in [1.54, 1.807) is 22.9 Å². The molecule has 0 saturated heterocycles. The minimum atomic E-state index is 0.235. The molecule has 0 atom stereocenters. The summed E-state index contributed by atoms with van der Waals surface area (Å²) in [5.74, 6) is 0.235. The Morgan fingerprint density at radius 1 is 1.44 bits per heavy atom. The highest BCUT2D eigenvalue weighted by atomic mass is 16.5. The summed E-state index contributed by atoms with van der Waals surface area (Å²) in [6.07, 6.45) is 2.82.